The number of rotatable bonds is 4. The lowest BCUT2D eigenvalue weighted by atomic mass is 10.5. The summed E-state index contributed by atoms with van der Waals surface area (Å²) >= 11 is 0. The molecule has 3 heteroatoms. The van der Waals surface area contributed by atoms with E-state index in [1.807, 2.05) is 0 Å². The molecular formula is C4H12N2O. The molecule has 0 rings (SSSR count). The van der Waals surface area contributed by atoms with Gasteiger partial charge >= 0.3 is 0 Å². The van der Waals surface area contributed by atoms with Crippen LogP contribution in [0.3, 0.4) is 0 Å². The highest BCUT2D eigenvalue weighted by molar-refractivity contribution is 4.34. The molecule has 0 fully saturated rings. The summed E-state index contributed by atoms with van der Waals surface area (Å²) in [7, 11) is 1.68. The van der Waals surface area contributed by atoms with Gasteiger partial charge in [-0.25, -0.2) is 0 Å². The summed E-state index contributed by atoms with van der Waals surface area (Å²) in [5.74, 6) is 4.96. The third-order valence-corrected chi connectivity index (χ3v) is 0.670. The second kappa shape index (κ2) is 5.88. The van der Waals surface area contributed by atoms with E-state index in [1.165, 1.54) is 0 Å². The topological polar surface area (TPSA) is 47.3 Å². The second-order valence-electron chi connectivity index (χ2n) is 1.30. The summed E-state index contributed by atoms with van der Waals surface area (Å²) in [5, 5.41) is 0. The molecule has 0 heterocycles. The lowest BCUT2D eigenvalue weighted by Crippen LogP contribution is -2.23. The number of ether oxygens (including phenoxy) is 1. The molecule has 0 aliphatic carbocycles. The SMILES string of the molecule is COCCCNN. The Morgan fingerprint density at radius 1 is 1.71 bits per heavy atom. The molecule has 0 atom stereocenters. The van der Waals surface area contributed by atoms with Crippen LogP contribution in [-0.4, -0.2) is 20.3 Å². The van der Waals surface area contributed by atoms with Gasteiger partial charge < -0.3 is 4.74 Å². The van der Waals surface area contributed by atoms with Crippen molar-refractivity contribution in [2.75, 3.05) is 20.3 Å². The summed E-state index contributed by atoms with van der Waals surface area (Å²) in [6.45, 7) is 1.61. The predicted molar refractivity (Wildman–Crippen MR) is 28.7 cm³/mol. The average molecular weight is 104 g/mol. The minimum atomic E-state index is 0.782. The highest BCUT2D eigenvalue weighted by Crippen LogP contribution is 1.72. The zero-order valence-electron chi connectivity index (χ0n) is 4.61. The average Bonchev–Trinajstić information content (AvgIpc) is 1.69. The van der Waals surface area contributed by atoms with Crippen molar-refractivity contribution in [3.63, 3.8) is 0 Å². The van der Waals surface area contributed by atoms with Crippen LogP contribution in [0, 0.1) is 0 Å². The van der Waals surface area contributed by atoms with Crippen molar-refractivity contribution in [1.29, 1.82) is 0 Å². The Labute approximate surface area is 43.8 Å². The first kappa shape index (κ1) is 6.88. The van der Waals surface area contributed by atoms with Crippen LogP contribution in [0.25, 0.3) is 0 Å². The van der Waals surface area contributed by atoms with Gasteiger partial charge in [0.05, 0.1) is 0 Å². The minimum absolute atomic E-state index is 0.782. The van der Waals surface area contributed by atoms with Gasteiger partial charge in [0, 0.05) is 20.3 Å². The fraction of sp³-hybridized carbons (Fsp3) is 1.00. The molecule has 3 nitrogen and oxygen atoms in total. The number of nitrogens with two attached hydrogens (primary N) is 1. The lowest BCUT2D eigenvalue weighted by molar-refractivity contribution is 0.194. The number of methoxy groups -OCH3 is 1. The third kappa shape index (κ3) is 5.88. The molecule has 0 aromatic rings. The molecule has 44 valence electrons. The molecule has 7 heavy (non-hydrogen) atoms. The summed E-state index contributed by atoms with van der Waals surface area (Å²) in [4.78, 5) is 0. The van der Waals surface area contributed by atoms with E-state index in [1.54, 1.807) is 7.11 Å². The van der Waals surface area contributed by atoms with Gasteiger partial charge in [-0.2, -0.15) is 0 Å². The Hall–Kier alpha value is -0.120. The van der Waals surface area contributed by atoms with E-state index in [0.717, 1.165) is 19.6 Å². The van der Waals surface area contributed by atoms with E-state index in [0.29, 0.717) is 0 Å². The van der Waals surface area contributed by atoms with Crippen molar-refractivity contribution in [1.82, 2.24) is 5.43 Å². The smallest absolute Gasteiger partial charge is 0.0474 e. The quantitative estimate of drug-likeness (QED) is 0.287. The zero-order chi connectivity index (χ0) is 5.54. The maximum absolute atomic E-state index is 4.96. The van der Waals surface area contributed by atoms with Crippen molar-refractivity contribution >= 4 is 0 Å². The van der Waals surface area contributed by atoms with E-state index in [2.05, 4.69) is 5.43 Å². The Bertz CT molecular complexity index is 28.9. The van der Waals surface area contributed by atoms with E-state index < -0.39 is 0 Å². The van der Waals surface area contributed by atoms with Crippen LogP contribution in [0.2, 0.25) is 0 Å². The molecule has 0 unspecified atom stereocenters. The number of hydrazine groups is 1. The Kier molecular flexibility index (Phi) is 5.78. The Morgan fingerprint density at radius 3 is 2.86 bits per heavy atom. The monoisotopic (exact) mass is 104 g/mol. The van der Waals surface area contributed by atoms with Crippen molar-refractivity contribution in [3.05, 3.63) is 0 Å². The summed E-state index contributed by atoms with van der Waals surface area (Å²) in [6, 6.07) is 0. The molecule has 0 aromatic carbocycles. The predicted octanol–water partition coefficient (Wildman–Crippen LogP) is -0.514. The van der Waals surface area contributed by atoms with Gasteiger partial charge in [0.2, 0.25) is 0 Å². The Balaban J connectivity index is 2.45. The largest absolute Gasteiger partial charge is 0.385 e. The molecular weight excluding hydrogens is 92.1 g/mol. The van der Waals surface area contributed by atoms with Gasteiger partial charge in [-0.3, -0.25) is 11.3 Å². The van der Waals surface area contributed by atoms with Gasteiger partial charge in [-0.05, 0) is 6.42 Å². The van der Waals surface area contributed by atoms with E-state index in [-0.39, 0.29) is 0 Å². The van der Waals surface area contributed by atoms with Crippen LogP contribution in [0.15, 0.2) is 0 Å². The van der Waals surface area contributed by atoms with Crippen molar-refractivity contribution in [2.45, 2.75) is 6.42 Å². The van der Waals surface area contributed by atoms with Gasteiger partial charge in [-0.15, -0.1) is 0 Å². The fourth-order valence-corrected chi connectivity index (χ4v) is 0.319. The first-order valence-corrected chi connectivity index (χ1v) is 2.34. The number of hydrogen-bond donors (Lipinski definition) is 2. The van der Waals surface area contributed by atoms with Gasteiger partial charge in [-0.1, -0.05) is 0 Å². The molecule has 0 aliphatic heterocycles. The molecule has 0 spiro atoms. The maximum atomic E-state index is 4.96. The molecule has 0 saturated heterocycles. The van der Waals surface area contributed by atoms with Crippen LogP contribution in [0.4, 0.5) is 0 Å². The highest BCUT2D eigenvalue weighted by atomic mass is 16.5. The molecule has 0 amide bonds. The summed E-state index contributed by atoms with van der Waals surface area (Å²) < 4.78 is 4.75. The lowest BCUT2D eigenvalue weighted by Gasteiger charge is -1.94. The van der Waals surface area contributed by atoms with E-state index in [4.69, 9.17) is 10.6 Å². The Morgan fingerprint density at radius 2 is 2.43 bits per heavy atom. The molecule has 3 N–H and O–H groups in total. The molecule has 0 bridgehead atoms. The third-order valence-electron chi connectivity index (χ3n) is 0.670. The first-order valence-electron chi connectivity index (χ1n) is 2.34. The van der Waals surface area contributed by atoms with Crippen LogP contribution >= 0.6 is 0 Å². The second-order valence-corrected chi connectivity index (χ2v) is 1.30. The molecule has 0 aromatic heterocycles. The summed E-state index contributed by atoms with van der Waals surface area (Å²) in [6.07, 6.45) is 0.979. The molecule has 0 aliphatic rings. The number of nitrogens with one attached hydrogen (secondary N) is 1. The van der Waals surface area contributed by atoms with Crippen LogP contribution < -0.4 is 11.3 Å². The van der Waals surface area contributed by atoms with Gasteiger partial charge in [0.1, 0.15) is 0 Å². The number of hydrogen-bond acceptors (Lipinski definition) is 3. The van der Waals surface area contributed by atoms with Crippen LogP contribution in [0.5, 0.6) is 0 Å². The molecule has 0 radical (unpaired) electrons. The zero-order valence-corrected chi connectivity index (χ0v) is 4.61. The van der Waals surface area contributed by atoms with Crippen LogP contribution in [-0.2, 0) is 4.74 Å². The fourth-order valence-electron chi connectivity index (χ4n) is 0.319. The normalized spacial score (nSPS) is 9.43. The van der Waals surface area contributed by atoms with Gasteiger partial charge in [0.15, 0.2) is 0 Å². The summed E-state index contributed by atoms with van der Waals surface area (Å²) in [5.41, 5.74) is 2.52. The standard InChI is InChI=1S/C4H12N2O/c1-7-4-2-3-6-5/h6H,2-5H2,1H3. The van der Waals surface area contributed by atoms with Crippen molar-refractivity contribution in [3.8, 4) is 0 Å². The first-order chi connectivity index (χ1) is 3.41. The van der Waals surface area contributed by atoms with E-state index in [9.17, 15) is 0 Å². The van der Waals surface area contributed by atoms with E-state index >= 15 is 0 Å². The minimum Gasteiger partial charge on any atom is -0.385 e. The maximum Gasteiger partial charge on any atom is 0.0474 e. The van der Waals surface area contributed by atoms with Crippen LogP contribution in [0.1, 0.15) is 6.42 Å². The highest BCUT2D eigenvalue weighted by Gasteiger charge is 1.78. The molecule has 0 saturated carbocycles. The van der Waals surface area contributed by atoms with Gasteiger partial charge in [0.25, 0.3) is 0 Å². The van der Waals surface area contributed by atoms with Crippen molar-refractivity contribution in [2.24, 2.45) is 5.84 Å². The van der Waals surface area contributed by atoms with Crippen molar-refractivity contribution < 1.29 is 4.74 Å².